The summed E-state index contributed by atoms with van der Waals surface area (Å²) >= 11 is 0. The minimum Gasteiger partial charge on any atom is -0.424 e. The van der Waals surface area contributed by atoms with Crippen LogP contribution in [0.15, 0.2) is 10.5 Å². The summed E-state index contributed by atoms with van der Waals surface area (Å²) in [4.78, 5) is 13.4. The molecule has 112 valence electrons. The maximum atomic E-state index is 11.1. The van der Waals surface area contributed by atoms with E-state index in [0.717, 1.165) is 31.6 Å². The van der Waals surface area contributed by atoms with Gasteiger partial charge in [0.1, 0.15) is 5.69 Å². The Labute approximate surface area is 121 Å². The quantitative estimate of drug-likeness (QED) is 0.851. The standard InChI is InChI=1S/C13H18N6O2/c1-8-15-18-12(21-8)7-19-4-2-3-9(6-19)10-5-11(13(14)20)17-16-10/h5,9H,2-4,6-7H2,1H3,(H2,14,20)(H,16,17)/t9-/m1/s1. The average molecular weight is 290 g/mol. The lowest BCUT2D eigenvalue weighted by atomic mass is 9.94. The highest BCUT2D eigenvalue weighted by atomic mass is 16.4. The van der Waals surface area contributed by atoms with Crippen molar-refractivity contribution in [3.05, 3.63) is 29.2 Å². The first-order chi connectivity index (χ1) is 10.1. The number of amides is 1. The molecular formula is C13H18N6O2. The van der Waals surface area contributed by atoms with Crippen LogP contribution in [0.25, 0.3) is 0 Å². The second-order valence-corrected chi connectivity index (χ2v) is 5.36. The van der Waals surface area contributed by atoms with Gasteiger partial charge in [0.05, 0.1) is 6.54 Å². The molecule has 0 radical (unpaired) electrons. The van der Waals surface area contributed by atoms with Crippen LogP contribution >= 0.6 is 0 Å². The van der Waals surface area contributed by atoms with Crippen molar-refractivity contribution in [1.82, 2.24) is 25.3 Å². The van der Waals surface area contributed by atoms with Crippen LogP contribution in [-0.4, -0.2) is 44.3 Å². The zero-order valence-corrected chi connectivity index (χ0v) is 11.9. The summed E-state index contributed by atoms with van der Waals surface area (Å²) in [6, 6.07) is 1.74. The summed E-state index contributed by atoms with van der Waals surface area (Å²) in [7, 11) is 0. The van der Waals surface area contributed by atoms with Crippen molar-refractivity contribution in [3.63, 3.8) is 0 Å². The average Bonchev–Trinajstić information content (AvgIpc) is 3.08. The molecule has 0 bridgehead atoms. The number of likely N-dealkylation sites (tertiary alicyclic amines) is 1. The van der Waals surface area contributed by atoms with Gasteiger partial charge in [-0.05, 0) is 25.5 Å². The summed E-state index contributed by atoms with van der Waals surface area (Å²) in [5.74, 6) is 1.02. The highest BCUT2D eigenvalue weighted by Gasteiger charge is 2.24. The topological polar surface area (TPSA) is 114 Å². The molecule has 0 unspecified atom stereocenters. The van der Waals surface area contributed by atoms with E-state index in [2.05, 4.69) is 25.3 Å². The summed E-state index contributed by atoms with van der Waals surface area (Å²) in [5.41, 5.74) is 6.47. The van der Waals surface area contributed by atoms with Crippen molar-refractivity contribution >= 4 is 5.91 Å². The second-order valence-electron chi connectivity index (χ2n) is 5.36. The number of aromatic amines is 1. The number of hydrogen-bond donors (Lipinski definition) is 2. The number of H-pyrrole nitrogens is 1. The largest absolute Gasteiger partial charge is 0.424 e. The Morgan fingerprint density at radius 2 is 2.43 bits per heavy atom. The predicted molar refractivity (Wildman–Crippen MR) is 73.4 cm³/mol. The third kappa shape index (κ3) is 3.10. The molecule has 1 amide bonds. The Kier molecular flexibility index (Phi) is 3.70. The lowest BCUT2D eigenvalue weighted by Gasteiger charge is -2.31. The lowest BCUT2D eigenvalue weighted by Crippen LogP contribution is -2.34. The molecule has 1 aliphatic heterocycles. The molecule has 0 spiro atoms. The number of aryl methyl sites for hydroxylation is 1. The number of nitrogens with zero attached hydrogens (tertiary/aromatic N) is 4. The van der Waals surface area contributed by atoms with E-state index in [1.165, 1.54) is 0 Å². The smallest absolute Gasteiger partial charge is 0.269 e. The molecule has 2 aromatic rings. The fourth-order valence-electron chi connectivity index (χ4n) is 2.72. The zero-order chi connectivity index (χ0) is 14.8. The molecule has 8 heteroatoms. The van der Waals surface area contributed by atoms with E-state index in [4.69, 9.17) is 10.2 Å². The number of primary amides is 1. The van der Waals surface area contributed by atoms with Crippen molar-refractivity contribution < 1.29 is 9.21 Å². The van der Waals surface area contributed by atoms with E-state index in [1.807, 2.05) is 0 Å². The predicted octanol–water partition coefficient (Wildman–Crippen LogP) is 0.580. The normalized spacial score (nSPS) is 19.8. The Hall–Kier alpha value is -2.22. The highest BCUT2D eigenvalue weighted by molar-refractivity contribution is 5.90. The van der Waals surface area contributed by atoms with E-state index in [-0.39, 0.29) is 5.69 Å². The molecule has 0 aromatic carbocycles. The maximum Gasteiger partial charge on any atom is 0.269 e. The molecule has 2 aromatic heterocycles. The molecule has 8 nitrogen and oxygen atoms in total. The Bertz CT molecular complexity index is 634. The van der Waals surface area contributed by atoms with Crippen molar-refractivity contribution in [2.75, 3.05) is 13.1 Å². The van der Waals surface area contributed by atoms with Crippen LogP contribution in [0, 0.1) is 6.92 Å². The van der Waals surface area contributed by atoms with Crippen LogP contribution in [0.4, 0.5) is 0 Å². The van der Waals surface area contributed by atoms with Crippen molar-refractivity contribution in [1.29, 1.82) is 0 Å². The van der Waals surface area contributed by atoms with Gasteiger partial charge < -0.3 is 10.2 Å². The second kappa shape index (κ2) is 5.65. The molecular weight excluding hydrogens is 272 g/mol. The van der Waals surface area contributed by atoms with Gasteiger partial charge in [-0.2, -0.15) is 5.10 Å². The van der Waals surface area contributed by atoms with Gasteiger partial charge in [0.25, 0.3) is 5.91 Å². The van der Waals surface area contributed by atoms with Crippen molar-refractivity contribution in [2.45, 2.75) is 32.2 Å². The molecule has 1 aliphatic rings. The van der Waals surface area contributed by atoms with Gasteiger partial charge in [-0.3, -0.25) is 14.8 Å². The minimum atomic E-state index is -0.508. The number of aromatic nitrogens is 4. The number of piperidine rings is 1. The summed E-state index contributed by atoms with van der Waals surface area (Å²) in [6.07, 6.45) is 2.13. The van der Waals surface area contributed by atoms with Crippen LogP contribution in [0.3, 0.4) is 0 Å². The Balaban J connectivity index is 1.66. The third-order valence-electron chi connectivity index (χ3n) is 3.72. The first-order valence-corrected chi connectivity index (χ1v) is 6.98. The lowest BCUT2D eigenvalue weighted by molar-refractivity contribution is 0.0995. The number of rotatable bonds is 4. The van der Waals surface area contributed by atoms with Gasteiger partial charge in [-0.1, -0.05) is 0 Å². The maximum absolute atomic E-state index is 11.1. The molecule has 1 fully saturated rings. The first kappa shape index (κ1) is 13.7. The monoisotopic (exact) mass is 290 g/mol. The van der Waals surface area contributed by atoms with E-state index in [9.17, 15) is 4.79 Å². The van der Waals surface area contributed by atoms with Crippen molar-refractivity contribution in [3.8, 4) is 0 Å². The fourth-order valence-corrected chi connectivity index (χ4v) is 2.72. The van der Waals surface area contributed by atoms with Gasteiger partial charge in [0.2, 0.25) is 11.8 Å². The van der Waals surface area contributed by atoms with Crippen LogP contribution in [0.2, 0.25) is 0 Å². The number of hydrogen-bond acceptors (Lipinski definition) is 6. The number of carbonyl (C=O) groups excluding carboxylic acids is 1. The molecule has 3 N–H and O–H groups in total. The highest BCUT2D eigenvalue weighted by Crippen LogP contribution is 2.26. The van der Waals surface area contributed by atoms with Crippen LogP contribution in [0.1, 0.15) is 46.7 Å². The molecule has 3 heterocycles. The van der Waals surface area contributed by atoms with Crippen LogP contribution < -0.4 is 5.73 Å². The zero-order valence-electron chi connectivity index (χ0n) is 11.9. The SMILES string of the molecule is Cc1nnc(CN2CCC[C@@H](c3cc(C(N)=O)n[nH]3)C2)o1. The molecule has 0 saturated carbocycles. The van der Waals surface area contributed by atoms with E-state index in [1.54, 1.807) is 13.0 Å². The molecule has 0 aliphatic carbocycles. The minimum absolute atomic E-state index is 0.287. The Morgan fingerprint density at radius 1 is 1.57 bits per heavy atom. The van der Waals surface area contributed by atoms with E-state index < -0.39 is 5.91 Å². The van der Waals surface area contributed by atoms with Crippen molar-refractivity contribution in [2.24, 2.45) is 5.73 Å². The molecule has 21 heavy (non-hydrogen) atoms. The summed E-state index contributed by atoms with van der Waals surface area (Å²) in [6.45, 7) is 4.29. The number of carbonyl (C=O) groups is 1. The van der Waals surface area contributed by atoms with E-state index in [0.29, 0.717) is 24.2 Å². The third-order valence-corrected chi connectivity index (χ3v) is 3.72. The number of nitrogens with two attached hydrogens (primary N) is 1. The van der Waals surface area contributed by atoms with Crippen LogP contribution in [-0.2, 0) is 6.54 Å². The number of nitrogens with one attached hydrogen (secondary N) is 1. The summed E-state index contributed by atoms with van der Waals surface area (Å²) in [5, 5.41) is 14.7. The molecule has 1 atom stereocenters. The van der Waals surface area contributed by atoms with E-state index >= 15 is 0 Å². The van der Waals surface area contributed by atoms with Gasteiger partial charge in [0, 0.05) is 25.1 Å². The fraction of sp³-hybridized carbons (Fsp3) is 0.538. The van der Waals surface area contributed by atoms with Gasteiger partial charge >= 0.3 is 0 Å². The molecule has 3 rings (SSSR count). The summed E-state index contributed by atoms with van der Waals surface area (Å²) < 4.78 is 5.42. The van der Waals surface area contributed by atoms with Gasteiger partial charge in [-0.25, -0.2) is 0 Å². The first-order valence-electron chi connectivity index (χ1n) is 6.98. The van der Waals surface area contributed by atoms with Crippen LogP contribution in [0.5, 0.6) is 0 Å². The molecule has 1 saturated heterocycles. The Morgan fingerprint density at radius 3 is 3.10 bits per heavy atom. The van der Waals surface area contributed by atoms with Gasteiger partial charge in [0.15, 0.2) is 0 Å². The van der Waals surface area contributed by atoms with Gasteiger partial charge in [-0.15, -0.1) is 10.2 Å².